The molecule has 1 fully saturated rings. The first-order chi connectivity index (χ1) is 11.2. The van der Waals surface area contributed by atoms with Crippen molar-refractivity contribution in [3.05, 3.63) is 35.4 Å². The van der Waals surface area contributed by atoms with Crippen LogP contribution in [0.15, 0.2) is 24.3 Å². The Labute approximate surface area is 137 Å². The summed E-state index contributed by atoms with van der Waals surface area (Å²) in [4.78, 5) is 23.8. The van der Waals surface area contributed by atoms with Crippen LogP contribution >= 0.6 is 0 Å². The van der Waals surface area contributed by atoms with Gasteiger partial charge in [-0.05, 0) is 36.5 Å². The number of hydrogen-bond donors (Lipinski definition) is 2. The van der Waals surface area contributed by atoms with Gasteiger partial charge in [-0.15, -0.1) is 0 Å². The third-order valence-corrected chi connectivity index (χ3v) is 4.15. The Morgan fingerprint density at radius 1 is 1.17 bits per heavy atom. The molecule has 2 amide bonds. The van der Waals surface area contributed by atoms with Gasteiger partial charge in [0.1, 0.15) is 0 Å². The monoisotopic (exact) mass is 313 g/mol. The minimum absolute atomic E-state index is 0.0715. The molecule has 0 unspecified atom stereocenters. The summed E-state index contributed by atoms with van der Waals surface area (Å²) in [5.74, 6) is 0.421. The average Bonchev–Trinajstić information content (AvgIpc) is 3.05. The molecule has 0 bridgehead atoms. The number of benzene rings is 1. The minimum Gasteiger partial charge on any atom is -0.354 e. The van der Waals surface area contributed by atoms with Crippen molar-refractivity contribution in [2.45, 2.75) is 38.5 Å². The topological polar surface area (TPSA) is 82.0 Å². The number of rotatable bonds is 7. The maximum Gasteiger partial charge on any atom is 0.251 e. The van der Waals surface area contributed by atoms with Crippen molar-refractivity contribution < 1.29 is 9.59 Å². The molecule has 5 heteroatoms. The van der Waals surface area contributed by atoms with Gasteiger partial charge in [0.25, 0.3) is 5.91 Å². The van der Waals surface area contributed by atoms with E-state index in [1.165, 1.54) is 12.8 Å². The van der Waals surface area contributed by atoms with Crippen molar-refractivity contribution in [1.82, 2.24) is 10.6 Å². The molecule has 1 saturated carbocycles. The lowest BCUT2D eigenvalue weighted by atomic mass is 10.0. The second-order valence-corrected chi connectivity index (χ2v) is 6.00. The molecule has 1 aliphatic carbocycles. The van der Waals surface area contributed by atoms with Gasteiger partial charge in [-0.1, -0.05) is 25.0 Å². The van der Waals surface area contributed by atoms with Crippen LogP contribution in [0.2, 0.25) is 0 Å². The Balaban J connectivity index is 1.67. The SMILES string of the molecule is N#CCc1cccc(C(=O)NCCNC(=O)CC2CCCC2)c1. The summed E-state index contributed by atoms with van der Waals surface area (Å²) in [7, 11) is 0. The lowest BCUT2D eigenvalue weighted by Crippen LogP contribution is -2.35. The number of nitriles is 1. The average molecular weight is 313 g/mol. The van der Waals surface area contributed by atoms with Gasteiger partial charge in [-0.2, -0.15) is 5.26 Å². The molecule has 0 atom stereocenters. The summed E-state index contributed by atoms with van der Waals surface area (Å²) in [5, 5.41) is 14.3. The molecule has 0 aromatic heterocycles. The maximum atomic E-state index is 12.0. The van der Waals surface area contributed by atoms with E-state index in [2.05, 4.69) is 16.7 Å². The fourth-order valence-electron chi connectivity index (χ4n) is 2.94. The predicted molar refractivity (Wildman–Crippen MR) is 87.7 cm³/mol. The van der Waals surface area contributed by atoms with Gasteiger partial charge in [-0.25, -0.2) is 0 Å². The molecule has 2 N–H and O–H groups in total. The van der Waals surface area contributed by atoms with Crippen molar-refractivity contribution in [2.75, 3.05) is 13.1 Å². The van der Waals surface area contributed by atoms with E-state index in [9.17, 15) is 9.59 Å². The highest BCUT2D eigenvalue weighted by Gasteiger charge is 2.18. The number of nitrogens with zero attached hydrogens (tertiary/aromatic N) is 1. The summed E-state index contributed by atoms with van der Waals surface area (Å²) in [6.45, 7) is 0.840. The second-order valence-electron chi connectivity index (χ2n) is 6.00. The molecule has 0 spiro atoms. The third-order valence-electron chi connectivity index (χ3n) is 4.15. The number of amides is 2. The molecule has 1 aromatic rings. The number of hydrogen-bond acceptors (Lipinski definition) is 3. The number of nitrogens with one attached hydrogen (secondary N) is 2. The van der Waals surface area contributed by atoms with Crippen LogP contribution < -0.4 is 10.6 Å². The summed E-state index contributed by atoms with van der Waals surface area (Å²) < 4.78 is 0. The van der Waals surface area contributed by atoms with Crippen molar-refractivity contribution in [1.29, 1.82) is 5.26 Å². The lowest BCUT2D eigenvalue weighted by Gasteiger charge is -2.10. The summed E-state index contributed by atoms with van der Waals surface area (Å²) in [6.07, 6.45) is 5.67. The zero-order valence-corrected chi connectivity index (χ0v) is 13.3. The Kier molecular flexibility index (Phi) is 6.61. The van der Waals surface area contributed by atoms with Gasteiger partial charge in [0.05, 0.1) is 12.5 Å². The highest BCUT2D eigenvalue weighted by molar-refractivity contribution is 5.94. The molecule has 1 aliphatic rings. The van der Waals surface area contributed by atoms with Crippen molar-refractivity contribution >= 4 is 11.8 Å². The highest BCUT2D eigenvalue weighted by Crippen LogP contribution is 2.27. The first kappa shape index (κ1) is 17.0. The molecule has 0 aliphatic heterocycles. The van der Waals surface area contributed by atoms with E-state index in [-0.39, 0.29) is 11.8 Å². The zero-order chi connectivity index (χ0) is 16.5. The lowest BCUT2D eigenvalue weighted by molar-refractivity contribution is -0.121. The molecule has 23 heavy (non-hydrogen) atoms. The number of carbonyl (C=O) groups is 2. The molecular formula is C18H23N3O2. The van der Waals surface area contributed by atoms with E-state index in [1.807, 2.05) is 6.07 Å². The zero-order valence-electron chi connectivity index (χ0n) is 13.3. The van der Waals surface area contributed by atoms with Crippen molar-refractivity contribution in [3.8, 4) is 6.07 Å². The van der Waals surface area contributed by atoms with Gasteiger partial charge in [0.2, 0.25) is 5.91 Å². The Bertz CT molecular complexity index is 586. The summed E-state index contributed by atoms with van der Waals surface area (Å²) in [6, 6.07) is 9.09. The minimum atomic E-state index is -0.185. The van der Waals surface area contributed by atoms with Crippen LogP contribution in [-0.2, 0) is 11.2 Å². The fraction of sp³-hybridized carbons (Fsp3) is 0.500. The van der Waals surface area contributed by atoms with Crippen LogP contribution in [0.4, 0.5) is 0 Å². The first-order valence-corrected chi connectivity index (χ1v) is 8.20. The Hall–Kier alpha value is -2.35. The van der Waals surface area contributed by atoms with Gasteiger partial charge in [-0.3, -0.25) is 9.59 Å². The second kappa shape index (κ2) is 8.94. The van der Waals surface area contributed by atoms with E-state index in [1.54, 1.807) is 18.2 Å². The van der Waals surface area contributed by atoms with Crippen molar-refractivity contribution in [2.24, 2.45) is 5.92 Å². The van der Waals surface area contributed by atoms with Crippen LogP contribution in [0.5, 0.6) is 0 Å². The molecule has 2 rings (SSSR count). The van der Waals surface area contributed by atoms with E-state index >= 15 is 0 Å². The van der Waals surface area contributed by atoms with Gasteiger partial charge >= 0.3 is 0 Å². The first-order valence-electron chi connectivity index (χ1n) is 8.20. The molecule has 0 radical (unpaired) electrons. The molecule has 5 nitrogen and oxygen atoms in total. The van der Waals surface area contributed by atoms with Crippen LogP contribution in [0.3, 0.4) is 0 Å². The molecule has 122 valence electrons. The van der Waals surface area contributed by atoms with Crippen LogP contribution in [0.25, 0.3) is 0 Å². The quantitative estimate of drug-likeness (QED) is 0.757. The predicted octanol–water partition coefficient (Wildman–Crippen LogP) is 2.18. The van der Waals surface area contributed by atoms with Crippen molar-refractivity contribution in [3.63, 3.8) is 0 Å². The standard InChI is InChI=1S/C18H23N3O2/c19-9-8-15-6-3-7-16(12-15)18(23)21-11-10-20-17(22)13-14-4-1-2-5-14/h3,6-7,12,14H,1-2,4-5,8,10-11,13H2,(H,20,22)(H,21,23). The highest BCUT2D eigenvalue weighted by atomic mass is 16.2. The largest absolute Gasteiger partial charge is 0.354 e. The Morgan fingerprint density at radius 3 is 2.65 bits per heavy atom. The molecular weight excluding hydrogens is 290 g/mol. The van der Waals surface area contributed by atoms with Gasteiger partial charge < -0.3 is 10.6 Å². The molecule has 0 saturated heterocycles. The number of carbonyl (C=O) groups excluding carboxylic acids is 2. The van der Waals surface area contributed by atoms with Gasteiger partial charge in [0.15, 0.2) is 0 Å². The van der Waals surface area contributed by atoms with E-state index in [0.29, 0.717) is 37.4 Å². The van der Waals surface area contributed by atoms with E-state index in [4.69, 9.17) is 5.26 Å². The summed E-state index contributed by atoms with van der Waals surface area (Å²) >= 11 is 0. The van der Waals surface area contributed by atoms with Crippen LogP contribution in [0, 0.1) is 17.2 Å². The Morgan fingerprint density at radius 2 is 1.91 bits per heavy atom. The molecule has 1 aromatic carbocycles. The fourth-order valence-corrected chi connectivity index (χ4v) is 2.94. The third kappa shape index (κ3) is 5.74. The van der Waals surface area contributed by atoms with Gasteiger partial charge in [0, 0.05) is 25.1 Å². The van der Waals surface area contributed by atoms with E-state index < -0.39 is 0 Å². The van der Waals surface area contributed by atoms with E-state index in [0.717, 1.165) is 18.4 Å². The van der Waals surface area contributed by atoms with Crippen LogP contribution in [0.1, 0.15) is 48.0 Å². The van der Waals surface area contributed by atoms with Crippen LogP contribution in [-0.4, -0.2) is 24.9 Å². The summed E-state index contributed by atoms with van der Waals surface area (Å²) in [5.41, 5.74) is 1.36. The molecule has 0 heterocycles. The maximum absolute atomic E-state index is 12.0. The smallest absolute Gasteiger partial charge is 0.251 e. The normalized spacial score (nSPS) is 14.2.